The fourth-order valence-corrected chi connectivity index (χ4v) is 2.75. The lowest BCUT2D eigenvalue weighted by Crippen LogP contribution is -2.19. The summed E-state index contributed by atoms with van der Waals surface area (Å²) in [6, 6.07) is 1.65. The molecule has 0 aliphatic heterocycles. The quantitative estimate of drug-likeness (QED) is 0.240. The number of hydrogen-bond donors (Lipinski definition) is 0. The van der Waals surface area contributed by atoms with Crippen molar-refractivity contribution in [3.63, 3.8) is 0 Å². The fraction of sp³-hybridized carbons (Fsp3) is 0.650. The molecule has 0 bridgehead atoms. The third-order valence-corrected chi connectivity index (χ3v) is 4.36. The molecular formula is C20H29F3O2. The van der Waals surface area contributed by atoms with Crippen LogP contribution in [0, 0.1) is 17.5 Å². The molecule has 1 rings (SSSR count). The van der Waals surface area contributed by atoms with E-state index in [1.165, 1.54) is 32.1 Å². The van der Waals surface area contributed by atoms with Gasteiger partial charge < -0.3 is 4.74 Å². The molecule has 0 saturated carbocycles. The summed E-state index contributed by atoms with van der Waals surface area (Å²) in [5.74, 6) is -5.40. The van der Waals surface area contributed by atoms with Gasteiger partial charge in [-0.05, 0) is 31.4 Å². The van der Waals surface area contributed by atoms with Crippen molar-refractivity contribution in [1.29, 1.82) is 0 Å². The first-order valence-electron chi connectivity index (χ1n) is 9.35. The Morgan fingerprint density at radius 3 is 2.12 bits per heavy atom. The maximum atomic E-state index is 13.6. The van der Waals surface area contributed by atoms with Gasteiger partial charge in [0.25, 0.3) is 0 Å². The van der Waals surface area contributed by atoms with Crippen LogP contribution in [0.4, 0.5) is 13.2 Å². The van der Waals surface area contributed by atoms with Gasteiger partial charge in [-0.1, -0.05) is 58.8 Å². The maximum absolute atomic E-state index is 13.6. The third kappa shape index (κ3) is 7.49. The van der Waals surface area contributed by atoms with Gasteiger partial charge in [-0.3, -0.25) is 0 Å². The lowest BCUT2D eigenvalue weighted by atomic mass is 10.0. The first-order valence-corrected chi connectivity index (χ1v) is 9.35. The molecule has 0 aliphatic rings. The predicted molar refractivity (Wildman–Crippen MR) is 93.0 cm³/mol. The summed E-state index contributed by atoms with van der Waals surface area (Å²) in [7, 11) is 0. The van der Waals surface area contributed by atoms with Gasteiger partial charge in [0.05, 0.1) is 5.56 Å². The molecule has 142 valence electrons. The summed E-state index contributed by atoms with van der Waals surface area (Å²) >= 11 is 0. The first-order chi connectivity index (χ1) is 12.0. The van der Waals surface area contributed by atoms with Crippen LogP contribution >= 0.6 is 0 Å². The number of esters is 1. The lowest BCUT2D eigenvalue weighted by molar-refractivity contribution is 0.0260. The Kier molecular flexibility index (Phi) is 10.3. The standard InChI is InChI=1S/C20H29F3O2/c1-3-5-6-7-8-9-10-11-12-15(4-2)25-20(24)16-13-14-17(21)19(23)18(16)22/h13-15H,3-12H2,1-2H3. The normalized spacial score (nSPS) is 12.2. The van der Waals surface area contributed by atoms with Crippen LogP contribution in [-0.2, 0) is 4.74 Å². The molecule has 0 aliphatic carbocycles. The van der Waals surface area contributed by atoms with Crippen LogP contribution < -0.4 is 0 Å². The molecule has 1 unspecified atom stereocenters. The Balaban J connectivity index is 2.36. The fourth-order valence-electron chi connectivity index (χ4n) is 2.75. The van der Waals surface area contributed by atoms with Crippen molar-refractivity contribution in [2.45, 2.75) is 84.2 Å². The summed E-state index contributed by atoms with van der Waals surface area (Å²) in [5, 5.41) is 0. The third-order valence-electron chi connectivity index (χ3n) is 4.36. The summed E-state index contributed by atoms with van der Waals surface area (Å²) in [6.07, 6.45) is 10.4. The van der Waals surface area contributed by atoms with Crippen LogP contribution in [0.3, 0.4) is 0 Å². The highest BCUT2D eigenvalue weighted by atomic mass is 19.2. The van der Waals surface area contributed by atoms with Gasteiger partial charge in [-0.2, -0.15) is 0 Å². The van der Waals surface area contributed by atoms with Crippen molar-refractivity contribution in [1.82, 2.24) is 0 Å². The minimum Gasteiger partial charge on any atom is -0.459 e. The second-order valence-corrected chi connectivity index (χ2v) is 6.42. The number of carbonyl (C=O) groups excluding carboxylic acids is 1. The molecule has 1 aromatic carbocycles. The molecular weight excluding hydrogens is 329 g/mol. The van der Waals surface area contributed by atoms with Gasteiger partial charge in [-0.15, -0.1) is 0 Å². The Morgan fingerprint density at radius 2 is 1.52 bits per heavy atom. The van der Waals surface area contributed by atoms with Crippen LogP contribution in [0.15, 0.2) is 12.1 Å². The zero-order valence-corrected chi connectivity index (χ0v) is 15.3. The smallest absolute Gasteiger partial charge is 0.341 e. The number of benzene rings is 1. The number of carbonyl (C=O) groups is 1. The summed E-state index contributed by atoms with van der Waals surface area (Å²) in [4.78, 5) is 12.0. The SMILES string of the molecule is CCCCCCCCCCC(CC)OC(=O)c1ccc(F)c(F)c1F. The molecule has 0 amide bonds. The van der Waals surface area contributed by atoms with Gasteiger partial charge >= 0.3 is 5.97 Å². The van der Waals surface area contributed by atoms with E-state index in [0.717, 1.165) is 31.4 Å². The van der Waals surface area contributed by atoms with E-state index in [1.807, 2.05) is 6.92 Å². The van der Waals surface area contributed by atoms with E-state index in [1.54, 1.807) is 0 Å². The van der Waals surface area contributed by atoms with Gasteiger partial charge in [0, 0.05) is 0 Å². The van der Waals surface area contributed by atoms with Gasteiger partial charge in [-0.25, -0.2) is 18.0 Å². The average Bonchev–Trinajstić information content (AvgIpc) is 2.60. The molecule has 0 N–H and O–H groups in total. The van der Waals surface area contributed by atoms with Crippen LogP contribution in [0.25, 0.3) is 0 Å². The number of unbranched alkanes of at least 4 members (excludes halogenated alkanes) is 7. The number of halogens is 3. The molecule has 5 heteroatoms. The molecule has 0 fully saturated rings. The average molecular weight is 358 g/mol. The van der Waals surface area contributed by atoms with E-state index in [2.05, 4.69) is 6.92 Å². The van der Waals surface area contributed by atoms with Crippen molar-refractivity contribution in [2.24, 2.45) is 0 Å². The molecule has 1 atom stereocenters. The summed E-state index contributed by atoms with van der Waals surface area (Å²) in [5.41, 5.74) is -0.562. The maximum Gasteiger partial charge on any atom is 0.341 e. The molecule has 1 aromatic rings. The molecule has 0 spiro atoms. The zero-order chi connectivity index (χ0) is 18.7. The topological polar surface area (TPSA) is 26.3 Å². The van der Waals surface area contributed by atoms with Crippen LogP contribution in [0.5, 0.6) is 0 Å². The van der Waals surface area contributed by atoms with Gasteiger partial charge in [0.2, 0.25) is 0 Å². The van der Waals surface area contributed by atoms with E-state index in [4.69, 9.17) is 4.74 Å². The van der Waals surface area contributed by atoms with Crippen molar-refractivity contribution in [3.8, 4) is 0 Å². The number of ether oxygens (including phenoxy) is 1. The summed E-state index contributed by atoms with van der Waals surface area (Å²) in [6.45, 7) is 4.07. The van der Waals surface area contributed by atoms with Crippen molar-refractivity contribution >= 4 is 5.97 Å². The van der Waals surface area contributed by atoms with E-state index < -0.39 is 29.0 Å². The van der Waals surface area contributed by atoms with E-state index >= 15 is 0 Å². The zero-order valence-electron chi connectivity index (χ0n) is 15.3. The second kappa shape index (κ2) is 11.9. The summed E-state index contributed by atoms with van der Waals surface area (Å²) < 4.78 is 45.0. The number of rotatable bonds is 12. The molecule has 25 heavy (non-hydrogen) atoms. The van der Waals surface area contributed by atoms with Crippen molar-refractivity contribution in [3.05, 3.63) is 35.1 Å². The Labute approximate surface area is 148 Å². The molecule has 2 nitrogen and oxygen atoms in total. The second-order valence-electron chi connectivity index (χ2n) is 6.42. The minimum atomic E-state index is -1.65. The monoisotopic (exact) mass is 358 g/mol. The van der Waals surface area contributed by atoms with Crippen LogP contribution in [0.2, 0.25) is 0 Å². The minimum absolute atomic E-state index is 0.333. The lowest BCUT2D eigenvalue weighted by Gasteiger charge is -2.16. The first kappa shape index (κ1) is 21.5. The Bertz CT molecular complexity index is 532. The molecule has 0 saturated heterocycles. The molecule has 0 aromatic heterocycles. The Hall–Kier alpha value is -1.52. The van der Waals surface area contributed by atoms with Gasteiger partial charge in [0.1, 0.15) is 6.10 Å². The number of hydrogen-bond acceptors (Lipinski definition) is 2. The molecule has 0 heterocycles. The van der Waals surface area contributed by atoms with E-state index in [9.17, 15) is 18.0 Å². The van der Waals surface area contributed by atoms with Crippen molar-refractivity contribution in [2.75, 3.05) is 0 Å². The highest BCUT2D eigenvalue weighted by molar-refractivity contribution is 5.89. The van der Waals surface area contributed by atoms with E-state index in [0.29, 0.717) is 12.8 Å². The van der Waals surface area contributed by atoms with Crippen LogP contribution in [-0.4, -0.2) is 12.1 Å². The largest absolute Gasteiger partial charge is 0.459 e. The van der Waals surface area contributed by atoms with Crippen LogP contribution in [0.1, 0.15) is 88.4 Å². The van der Waals surface area contributed by atoms with E-state index in [-0.39, 0.29) is 6.10 Å². The highest BCUT2D eigenvalue weighted by Crippen LogP contribution is 2.19. The highest BCUT2D eigenvalue weighted by Gasteiger charge is 2.22. The predicted octanol–water partition coefficient (Wildman–Crippen LogP) is 6.57. The molecule has 0 radical (unpaired) electrons. The Morgan fingerprint density at radius 1 is 0.920 bits per heavy atom. The van der Waals surface area contributed by atoms with Crippen molar-refractivity contribution < 1.29 is 22.7 Å². The van der Waals surface area contributed by atoms with Gasteiger partial charge in [0.15, 0.2) is 17.5 Å².